The van der Waals surface area contributed by atoms with Gasteiger partial charge in [-0.3, -0.25) is 9.59 Å². The first-order valence-electron chi connectivity index (χ1n) is 8.25. The van der Waals surface area contributed by atoms with Crippen molar-refractivity contribution in [2.24, 2.45) is 0 Å². The lowest BCUT2D eigenvalue weighted by atomic mass is 10.1. The van der Waals surface area contributed by atoms with E-state index in [-0.39, 0.29) is 23.9 Å². The fraction of sp³-hybridized carbons (Fsp3) is 0.389. The highest BCUT2D eigenvalue weighted by molar-refractivity contribution is 7.11. The third-order valence-corrected chi connectivity index (χ3v) is 5.11. The molecular weight excluding hydrogens is 322 g/mol. The van der Waals surface area contributed by atoms with Gasteiger partial charge < -0.3 is 10.6 Å². The number of benzene rings is 1. The van der Waals surface area contributed by atoms with Gasteiger partial charge in [-0.15, -0.1) is 11.3 Å². The summed E-state index contributed by atoms with van der Waals surface area (Å²) in [6.07, 6.45) is 4.37. The van der Waals surface area contributed by atoms with Crippen LogP contribution in [0.3, 0.4) is 0 Å². The first kappa shape index (κ1) is 16.6. The van der Waals surface area contributed by atoms with E-state index in [1.54, 1.807) is 5.38 Å². The third kappa shape index (κ3) is 4.00. The fourth-order valence-electron chi connectivity index (χ4n) is 2.90. The topological polar surface area (TPSA) is 71.1 Å². The van der Waals surface area contributed by atoms with Crippen LogP contribution in [-0.4, -0.2) is 22.8 Å². The van der Waals surface area contributed by atoms with Gasteiger partial charge in [-0.1, -0.05) is 43.2 Å². The summed E-state index contributed by atoms with van der Waals surface area (Å²) in [6, 6.07) is 9.87. The molecule has 126 valence electrons. The fourth-order valence-corrected chi connectivity index (χ4v) is 3.60. The zero-order valence-corrected chi connectivity index (χ0v) is 14.4. The highest BCUT2D eigenvalue weighted by atomic mass is 32.1. The van der Waals surface area contributed by atoms with Crippen LogP contribution in [0.25, 0.3) is 0 Å². The van der Waals surface area contributed by atoms with Crippen LogP contribution in [0.15, 0.2) is 35.7 Å². The van der Waals surface area contributed by atoms with Gasteiger partial charge in [-0.25, -0.2) is 4.98 Å². The van der Waals surface area contributed by atoms with Gasteiger partial charge in [0.25, 0.3) is 11.8 Å². The van der Waals surface area contributed by atoms with Crippen LogP contribution >= 0.6 is 11.3 Å². The highest BCUT2D eigenvalue weighted by Crippen LogP contribution is 2.19. The molecule has 0 unspecified atom stereocenters. The van der Waals surface area contributed by atoms with Crippen LogP contribution in [0, 0.1) is 0 Å². The van der Waals surface area contributed by atoms with Crippen LogP contribution in [0.5, 0.6) is 0 Å². The summed E-state index contributed by atoms with van der Waals surface area (Å²) in [7, 11) is 0. The van der Waals surface area contributed by atoms with E-state index in [1.807, 2.05) is 37.3 Å². The van der Waals surface area contributed by atoms with E-state index >= 15 is 0 Å². The Morgan fingerprint density at radius 2 is 1.88 bits per heavy atom. The summed E-state index contributed by atoms with van der Waals surface area (Å²) in [6.45, 7) is 1.92. The van der Waals surface area contributed by atoms with Crippen molar-refractivity contribution < 1.29 is 9.59 Å². The molecule has 0 radical (unpaired) electrons. The Kier molecular flexibility index (Phi) is 5.25. The summed E-state index contributed by atoms with van der Waals surface area (Å²) in [5.41, 5.74) is 1.32. The molecule has 0 bridgehead atoms. The van der Waals surface area contributed by atoms with Gasteiger partial charge in [-0.05, 0) is 25.3 Å². The molecule has 2 aromatic rings. The molecule has 1 saturated carbocycles. The van der Waals surface area contributed by atoms with Crippen molar-refractivity contribution >= 4 is 23.2 Å². The molecule has 1 aliphatic carbocycles. The van der Waals surface area contributed by atoms with Gasteiger partial charge in [0.15, 0.2) is 5.01 Å². The second kappa shape index (κ2) is 7.57. The number of thiazole rings is 1. The summed E-state index contributed by atoms with van der Waals surface area (Å²) in [5.74, 6) is -0.440. The minimum absolute atomic E-state index is 0.115. The van der Waals surface area contributed by atoms with E-state index in [2.05, 4.69) is 15.6 Å². The Morgan fingerprint density at radius 1 is 1.17 bits per heavy atom. The molecule has 1 heterocycles. The van der Waals surface area contributed by atoms with Gasteiger partial charge in [0, 0.05) is 11.4 Å². The van der Waals surface area contributed by atoms with Gasteiger partial charge in [0.1, 0.15) is 5.69 Å². The average molecular weight is 343 g/mol. The molecule has 1 aliphatic rings. The first-order chi connectivity index (χ1) is 11.6. The highest BCUT2D eigenvalue weighted by Gasteiger charge is 2.21. The van der Waals surface area contributed by atoms with Crippen molar-refractivity contribution in [1.82, 2.24) is 15.6 Å². The number of hydrogen-bond donors (Lipinski definition) is 2. The molecule has 24 heavy (non-hydrogen) atoms. The minimum Gasteiger partial charge on any atom is -0.347 e. The van der Waals surface area contributed by atoms with E-state index in [0.29, 0.717) is 10.7 Å². The number of nitrogens with one attached hydrogen (secondary N) is 2. The minimum atomic E-state index is -0.262. The predicted octanol–water partition coefficient (Wildman–Crippen LogP) is 3.31. The normalized spacial score (nSPS) is 15.9. The summed E-state index contributed by atoms with van der Waals surface area (Å²) in [5, 5.41) is 7.88. The van der Waals surface area contributed by atoms with E-state index < -0.39 is 0 Å². The summed E-state index contributed by atoms with van der Waals surface area (Å²) in [4.78, 5) is 28.7. The monoisotopic (exact) mass is 343 g/mol. The Labute approximate surface area is 145 Å². The Hall–Kier alpha value is -2.21. The first-order valence-corrected chi connectivity index (χ1v) is 9.13. The second-order valence-electron chi connectivity index (χ2n) is 6.10. The van der Waals surface area contributed by atoms with Crippen molar-refractivity contribution in [3.8, 4) is 0 Å². The summed E-state index contributed by atoms with van der Waals surface area (Å²) < 4.78 is 0. The SMILES string of the molecule is C[C@@H](NC(=O)c1csc(C(=O)NC2CCCC2)n1)c1ccccc1. The molecule has 3 rings (SSSR count). The van der Waals surface area contributed by atoms with Crippen LogP contribution in [0.2, 0.25) is 0 Å². The smallest absolute Gasteiger partial charge is 0.280 e. The molecule has 0 aliphatic heterocycles. The van der Waals surface area contributed by atoms with Crippen molar-refractivity contribution in [2.45, 2.75) is 44.7 Å². The van der Waals surface area contributed by atoms with E-state index in [1.165, 1.54) is 11.3 Å². The lowest BCUT2D eigenvalue weighted by molar-refractivity contribution is 0.0934. The van der Waals surface area contributed by atoms with Crippen molar-refractivity contribution in [1.29, 1.82) is 0 Å². The predicted molar refractivity (Wildman–Crippen MR) is 94.2 cm³/mol. The Bertz CT molecular complexity index is 708. The lowest BCUT2D eigenvalue weighted by Gasteiger charge is -2.13. The number of aromatic nitrogens is 1. The van der Waals surface area contributed by atoms with Crippen LogP contribution in [0.1, 0.15) is 64.5 Å². The van der Waals surface area contributed by atoms with Crippen LogP contribution < -0.4 is 10.6 Å². The van der Waals surface area contributed by atoms with Gasteiger partial charge in [0.2, 0.25) is 0 Å². The number of amides is 2. The molecule has 1 atom stereocenters. The summed E-state index contributed by atoms with van der Waals surface area (Å²) >= 11 is 1.21. The molecule has 2 N–H and O–H groups in total. The molecule has 0 spiro atoms. The maximum atomic E-state index is 12.3. The van der Waals surface area contributed by atoms with Gasteiger partial charge in [0.05, 0.1) is 6.04 Å². The standard InChI is InChI=1S/C18H21N3O2S/c1-12(13-7-3-2-4-8-13)19-16(22)15-11-24-18(21-15)17(23)20-14-9-5-6-10-14/h2-4,7-8,11-12,14H,5-6,9-10H2,1H3,(H,19,22)(H,20,23)/t12-/m1/s1. The zero-order chi connectivity index (χ0) is 16.9. The second-order valence-corrected chi connectivity index (χ2v) is 6.96. The van der Waals surface area contributed by atoms with Crippen molar-refractivity contribution in [3.05, 3.63) is 52.0 Å². The maximum absolute atomic E-state index is 12.3. The number of carbonyl (C=O) groups excluding carboxylic acids is 2. The molecule has 1 aromatic carbocycles. The van der Waals surface area contributed by atoms with Gasteiger partial charge >= 0.3 is 0 Å². The molecule has 1 fully saturated rings. The number of nitrogens with zero attached hydrogens (tertiary/aromatic N) is 1. The zero-order valence-electron chi connectivity index (χ0n) is 13.6. The van der Waals surface area contributed by atoms with Gasteiger partial charge in [-0.2, -0.15) is 0 Å². The number of rotatable bonds is 5. The Morgan fingerprint density at radius 3 is 2.58 bits per heavy atom. The number of hydrogen-bond acceptors (Lipinski definition) is 4. The van der Waals surface area contributed by atoms with Crippen LogP contribution in [-0.2, 0) is 0 Å². The van der Waals surface area contributed by atoms with Crippen LogP contribution in [0.4, 0.5) is 0 Å². The maximum Gasteiger partial charge on any atom is 0.280 e. The molecule has 0 saturated heterocycles. The van der Waals surface area contributed by atoms with Crippen molar-refractivity contribution in [2.75, 3.05) is 0 Å². The lowest BCUT2D eigenvalue weighted by Crippen LogP contribution is -2.32. The molecular formula is C18H21N3O2S. The molecule has 6 heteroatoms. The van der Waals surface area contributed by atoms with E-state index in [0.717, 1.165) is 31.2 Å². The molecule has 5 nitrogen and oxygen atoms in total. The average Bonchev–Trinajstić information content (AvgIpc) is 3.27. The third-order valence-electron chi connectivity index (χ3n) is 4.27. The largest absolute Gasteiger partial charge is 0.347 e. The van der Waals surface area contributed by atoms with Crippen molar-refractivity contribution in [3.63, 3.8) is 0 Å². The molecule has 2 amide bonds. The molecule has 1 aromatic heterocycles. The van der Waals surface area contributed by atoms with E-state index in [4.69, 9.17) is 0 Å². The Balaban J connectivity index is 1.60. The van der Waals surface area contributed by atoms with E-state index in [9.17, 15) is 9.59 Å². The quantitative estimate of drug-likeness (QED) is 0.875. The number of carbonyl (C=O) groups is 2.